The van der Waals surface area contributed by atoms with Gasteiger partial charge in [0.1, 0.15) is 0 Å². The number of anilines is 2. The Hall–Kier alpha value is -2.26. The molecule has 0 saturated carbocycles. The first kappa shape index (κ1) is 29.5. The van der Waals surface area contributed by atoms with Crippen molar-refractivity contribution in [3.63, 3.8) is 0 Å². The molecule has 23 heteroatoms. The van der Waals surface area contributed by atoms with Gasteiger partial charge in [-0.2, -0.15) is 0 Å². The number of fused-ring (bicyclic) bond motifs is 5. The van der Waals surface area contributed by atoms with E-state index in [1.54, 1.807) is 16.8 Å². The maximum atomic E-state index is 12.3. The van der Waals surface area contributed by atoms with E-state index in [0.29, 0.717) is 16.9 Å². The molecular formula is C20H28N10O9P2S2. The molecule has 4 aromatic heterocycles. The maximum absolute atomic E-state index is 12.3. The van der Waals surface area contributed by atoms with E-state index in [2.05, 4.69) is 54.7 Å². The molecule has 7 N–H and O–H groups in total. The predicted octanol–water partition coefficient (Wildman–Crippen LogP) is 0.180. The molecule has 0 amide bonds. The summed E-state index contributed by atoms with van der Waals surface area (Å²) in [5.74, 6) is 0.163. The number of rotatable bonds is 2. The number of aromatic nitrogens is 8. The topological polar surface area (TPSA) is 255 Å². The molecule has 3 aliphatic rings. The molecule has 0 unspecified atom stereocenters. The average molecular weight is 679 g/mol. The minimum absolute atomic E-state index is 0.0361. The molecule has 3 fully saturated rings. The van der Waals surface area contributed by atoms with Crippen molar-refractivity contribution < 1.29 is 37.4 Å². The summed E-state index contributed by atoms with van der Waals surface area (Å²) in [7, 11) is -8.23. The normalized spacial score (nSPS) is 32.5. The first-order chi connectivity index (χ1) is 20.5. The monoisotopic (exact) mass is 678 g/mol. The zero-order valence-electron chi connectivity index (χ0n) is 22.0. The molecule has 43 heavy (non-hydrogen) atoms. The first-order valence-electron chi connectivity index (χ1n) is 13.0. The summed E-state index contributed by atoms with van der Waals surface area (Å²) in [4.78, 5) is 49.3. The zero-order valence-corrected chi connectivity index (χ0v) is 25.7. The third-order valence-electron chi connectivity index (χ3n) is 7.27. The van der Waals surface area contributed by atoms with Crippen LogP contribution in [0.3, 0.4) is 0 Å². The molecule has 0 aliphatic carbocycles. The van der Waals surface area contributed by atoms with Crippen molar-refractivity contribution in [3.05, 3.63) is 28.9 Å². The third kappa shape index (κ3) is 5.69. The van der Waals surface area contributed by atoms with E-state index in [9.17, 15) is 14.6 Å². The number of thiol groups is 2. The fourth-order valence-electron chi connectivity index (χ4n) is 5.40. The summed E-state index contributed by atoms with van der Waals surface area (Å²) < 4.78 is 38.8. The minimum atomic E-state index is -4.17. The standard InChI is InChI=1S/C20H28N10O9P2S2/c21-15-9-1-2-29(16(9)24-7-23-15)13-4-10-12(37-13)6-35-41(33,43)39-11-3-8(5-34-40(32,42)38-10)36-19(11)30-17-14(27-28-30)18(31)26-20(22)25-17/h1-2,7-8,10-13,19,32-33,40-43H,3-6H2,(H2,21,23,24)(H3,22,25,26,31)/t8-,10-,11+,12+,13+,19+/m0/s1. The molecule has 4 aromatic rings. The Morgan fingerprint density at radius 1 is 1.00 bits per heavy atom. The summed E-state index contributed by atoms with van der Waals surface area (Å²) >= 11 is 8.65. The van der Waals surface area contributed by atoms with Gasteiger partial charge in [0, 0.05) is 0 Å². The zero-order chi connectivity index (χ0) is 30.1. The fraction of sp³-hybridized carbons (Fsp3) is 0.500. The van der Waals surface area contributed by atoms with Crippen molar-refractivity contribution >= 4 is 72.8 Å². The number of H-pyrrole nitrogens is 1. The summed E-state index contributed by atoms with van der Waals surface area (Å²) in [6.07, 6.45) is -1.28. The number of nitrogens with two attached hydrogens (primary N) is 2. The number of hydrogen-bond donors (Lipinski definition) is 7. The van der Waals surface area contributed by atoms with Crippen molar-refractivity contribution in [2.24, 2.45) is 0 Å². The van der Waals surface area contributed by atoms with E-state index in [4.69, 9.17) is 39.0 Å². The Morgan fingerprint density at radius 2 is 1.77 bits per heavy atom. The van der Waals surface area contributed by atoms with Crippen LogP contribution in [0.1, 0.15) is 25.3 Å². The molecule has 7 heterocycles. The molecule has 3 aliphatic heterocycles. The second-order valence-electron chi connectivity index (χ2n) is 10.2. The van der Waals surface area contributed by atoms with Crippen LogP contribution in [0.4, 0.5) is 11.8 Å². The van der Waals surface area contributed by atoms with Gasteiger partial charge in [0.25, 0.3) is 0 Å². The van der Waals surface area contributed by atoms with Gasteiger partial charge < -0.3 is 0 Å². The van der Waals surface area contributed by atoms with Gasteiger partial charge in [-0.1, -0.05) is 0 Å². The van der Waals surface area contributed by atoms with Crippen molar-refractivity contribution in [2.75, 3.05) is 24.7 Å². The average Bonchev–Trinajstić information content (AvgIpc) is 3.71. The molecule has 6 atom stereocenters. The first-order valence-corrected chi connectivity index (χ1v) is 19.1. The van der Waals surface area contributed by atoms with Gasteiger partial charge in [-0.15, -0.1) is 0 Å². The van der Waals surface area contributed by atoms with Crippen LogP contribution in [0, 0.1) is 0 Å². The molecule has 2 bridgehead atoms. The van der Waals surface area contributed by atoms with E-state index in [-0.39, 0.29) is 43.2 Å². The van der Waals surface area contributed by atoms with Crippen molar-refractivity contribution in [3.8, 4) is 0 Å². The van der Waals surface area contributed by atoms with Crippen LogP contribution in [-0.2, 0) is 27.6 Å². The Bertz CT molecular complexity index is 1740. The Morgan fingerprint density at radius 3 is 2.58 bits per heavy atom. The summed E-state index contributed by atoms with van der Waals surface area (Å²) in [6, 6.07) is 1.77. The van der Waals surface area contributed by atoms with Gasteiger partial charge in [-0.3, -0.25) is 0 Å². The number of nitrogens with zero attached hydrogens (tertiary/aromatic N) is 7. The quantitative estimate of drug-likeness (QED) is 0.110. The second-order valence-corrected chi connectivity index (χ2v) is 16.8. The van der Waals surface area contributed by atoms with Crippen molar-refractivity contribution in [1.29, 1.82) is 0 Å². The van der Waals surface area contributed by atoms with Crippen LogP contribution in [0.5, 0.6) is 0 Å². The van der Waals surface area contributed by atoms with Crippen LogP contribution in [0.15, 0.2) is 23.4 Å². The molecule has 0 spiro atoms. The van der Waals surface area contributed by atoms with Crippen LogP contribution in [0.2, 0.25) is 0 Å². The van der Waals surface area contributed by atoms with Gasteiger partial charge >= 0.3 is 253 Å². The Labute approximate surface area is 252 Å². The van der Waals surface area contributed by atoms with Crippen LogP contribution >= 0.6 is 38.8 Å². The fourth-order valence-corrected chi connectivity index (χ4v) is 8.83. The number of aromatic amines is 1. The van der Waals surface area contributed by atoms with Gasteiger partial charge in [0.05, 0.1) is 0 Å². The van der Waals surface area contributed by atoms with Gasteiger partial charge in [0.15, 0.2) is 0 Å². The molecule has 0 aromatic carbocycles. The van der Waals surface area contributed by atoms with E-state index >= 15 is 0 Å². The summed E-state index contributed by atoms with van der Waals surface area (Å²) in [6.45, 7) is -0.373. The van der Waals surface area contributed by atoms with Crippen molar-refractivity contribution in [2.45, 2.75) is 49.7 Å². The molecule has 19 nitrogen and oxygen atoms in total. The van der Waals surface area contributed by atoms with E-state index in [0.717, 1.165) is 0 Å². The second kappa shape index (κ2) is 11.0. The van der Waals surface area contributed by atoms with Crippen LogP contribution < -0.4 is 17.0 Å². The van der Waals surface area contributed by atoms with E-state index in [1.807, 2.05) is 0 Å². The molecule has 234 valence electrons. The summed E-state index contributed by atoms with van der Waals surface area (Å²) in [5.41, 5.74) is 11.6. The number of ether oxygens (including phenoxy) is 2. The van der Waals surface area contributed by atoms with E-state index < -0.39 is 56.7 Å². The van der Waals surface area contributed by atoms with Crippen LogP contribution in [-0.4, -0.2) is 86.9 Å². The third-order valence-corrected chi connectivity index (χ3v) is 11.0. The number of nitrogen functional groups attached to an aromatic ring is 2. The molecule has 3 saturated heterocycles. The molecule has 7 rings (SSSR count). The number of hydrogen-bond acceptors (Lipinski definition) is 18. The van der Waals surface area contributed by atoms with Gasteiger partial charge in [-0.25, -0.2) is 0 Å². The van der Waals surface area contributed by atoms with E-state index in [1.165, 1.54) is 11.0 Å². The Kier molecular flexibility index (Phi) is 7.51. The predicted molar refractivity (Wildman–Crippen MR) is 160 cm³/mol. The van der Waals surface area contributed by atoms with Gasteiger partial charge in [0.2, 0.25) is 0 Å². The number of nitrogens with one attached hydrogen (secondary N) is 1. The molecule has 0 radical (unpaired) electrons. The SMILES string of the molecule is Nc1nc2c(nnn2[C@@H]2O[C@@H]3CO[PH](O)(S)O[C@H]4C[C@H](n5ccc6c(N)ncnc65)O[C@@H]4CO[PH](O)(S)O[C@@H]2C3)c(=O)[nH]1. The van der Waals surface area contributed by atoms with Crippen LogP contribution in [0.25, 0.3) is 22.2 Å². The van der Waals surface area contributed by atoms with Gasteiger partial charge in [-0.05, 0) is 0 Å². The summed E-state index contributed by atoms with van der Waals surface area (Å²) in [5, 5.41) is 8.53. The molecular weight excluding hydrogens is 650 g/mol. The van der Waals surface area contributed by atoms with Crippen molar-refractivity contribution in [1.82, 2.24) is 39.5 Å². The Balaban J connectivity index is 1.16.